The number of nitrogens with zero attached hydrogens (tertiary/aromatic N) is 2. The Kier molecular flexibility index (Phi) is 8.79. The Labute approximate surface area is 395 Å². The molecule has 3 heterocycles. The Morgan fingerprint density at radius 2 is 0.971 bits per heavy atom. The first kappa shape index (κ1) is 38.6. The minimum absolute atomic E-state index is 0.500. The second-order valence-electron chi connectivity index (χ2n) is 17.7. The number of aliphatic imine (C=N–C) groups is 2. The molecule has 2 aromatic heterocycles. The molecule has 68 heavy (non-hydrogen) atoms. The van der Waals surface area contributed by atoms with Crippen molar-refractivity contribution in [3.8, 4) is 33.4 Å². The third-order valence-corrected chi connectivity index (χ3v) is 14.9. The molecule has 4 nitrogen and oxygen atoms in total. The van der Waals surface area contributed by atoms with Crippen LogP contribution < -0.4 is 5.32 Å². The number of amidine groups is 2. The van der Waals surface area contributed by atoms with Gasteiger partial charge in [-0.05, 0) is 108 Å². The lowest BCUT2D eigenvalue weighted by Gasteiger charge is -2.24. The third kappa shape index (κ3) is 6.35. The fraction of sp³-hybridized carbons (Fsp3) is 0.0159. The van der Waals surface area contributed by atoms with Gasteiger partial charge in [0.15, 0.2) is 6.17 Å². The van der Waals surface area contributed by atoms with Gasteiger partial charge in [0.2, 0.25) is 0 Å². The van der Waals surface area contributed by atoms with Gasteiger partial charge in [-0.2, -0.15) is 0 Å². The molecule has 318 valence electrons. The molecule has 0 radical (unpaired) electrons. The normalized spacial score (nSPS) is 14.0. The molecular formula is C63H39N3OS. The van der Waals surface area contributed by atoms with Gasteiger partial charge in [0.25, 0.3) is 0 Å². The predicted octanol–water partition coefficient (Wildman–Crippen LogP) is 16.9. The lowest BCUT2D eigenvalue weighted by Crippen LogP contribution is -2.36. The Bertz CT molecular complexity index is 4250. The first-order valence-electron chi connectivity index (χ1n) is 23.1. The van der Waals surface area contributed by atoms with Crippen LogP contribution in [0.25, 0.3) is 108 Å². The summed E-state index contributed by atoms with van der Waals surface area (Å²) in [7, 11) is 0. The molecule has 11 aromatic carbocycles. The zero-order valence-corrected chi connectivity index (χ0v) is 37.5. The van der Waals surface area contributed by atoms with Crippen molar-refractivity contribution in [3.05, 3.63) is 241 Å². The van der Waals surface area contributed by atoms with Crippen molar-refractivity contribution < 1.29 is 4.42 Å². The minimum Gasteiger partial charge on any atom is -0.456 e. The van der Waals surface area contributed by atoms with E-state index in [4.69, 9.17) is 14.4 Å². The van der Waals surface area contributed by atoms with Crippen molar-refractivity contribution >= 4 is 97.4 Å². The summed E-state index contributed by atoms with van der Waals surface area (Å²) in [5.74, 6) is 1.57. The molecule has 13 aromatic rings. The zero-order valence-electron chi connectivity index (χ0n) is 36.7. The van der Waals surface area contributed by atoms with E-state index in [2.05, 4.69) is 230 Å². The fourth-order valence-corrected chi connectivity index (χ4v) is 11.5. The molecule has 0 saturated heterocycles. The molecule has 1 unspecified atom stereocenters. The lowest BCUT2D eigenvalue weighted by atomic mass is 9.92. The van der Waals surface area contributed by atoms with Crippen molar-refractivity contribution in [1.29, 1.82) is 0 Å². The SMILES string of the molecule is c1ccc2cc(C3=NC(c4cccc5c(-c6cccc7oc8cc(-c9ccc%10sc%11ccccc%11c%10c9)ccc8c67)cccc45)N=C(c4ccc(-c5cccc6ccccc56)cc4)N3)ccc2c1. The highest BCUT2D eigenvalue weighted by Crippen LogP contribution is 2.43. The van der Waals surface area contributed by atoms with Crippen LogP contribution in [-0.4, -0.2) is 11.7 Å². The van der Waals surface area contributed by atoms with E-state index < -0.39 is 6.17 Å². The average molecular weight is 886 g/mol. The smallest absolute Gasteiger partial charge is 0.170 e. The van der Waals surface area contributed by atoms with Crippen LogP contribution in [0.3, 0.4) is 0 Å². The van der Waals surface area contributed by atoms with Crippen LogP contribution in [0, 0.1) is 0 Å². The summed E-state index contributed by atoms with van der Waals surface area (Å²) in [5, 5.41) is 15.5. The number of furan rings is 1. The van der Waals surface area contributed by atoms with Crippen LogP contribution in [0.1, 0.15) is 22.9 Å². The van der Waals surface area contributed by atoms with E-state index in [1.54, 1.807) is 0 Å². The quantitative estimate of drug-likeness (QED) is 0.181. The maximum absolute atomic E-state index is 6.70. The van der Waals surface area contributed by atoms with Gasteiger partial charge in [0.1, 0.15) is 22.8 Å². The highest BCUT2D eigenvalue weighted by molar-refractivity contribution is 7.25. The van der Waals surface area contributed by atoms with Crippen molar-refractivity contribution in [3.63, 3.8) is 0 Å². The number of fused-ring (bicyclic) bond motifs is 9. The first-order valence-corrected chi connectivity index (χ1v) is 23.9. The summed E-state index contributed by atoms with van der Waals surface area (Å²) in [5.41, 5.74) is 11.7. The molecule has 1 aliphatic heterocycles. The number of nitrogens with one attached hydrogen (secondary N) is 1. The summed E-state index contributed by atoms with van der Waals surface area (Å²) in [6.07, 6.45) is -0.500. The Hall–Kier alpha value is -8.64. The molecule has 1 atom stereocenters. The van der Waals surface area contributed by atoms with E-state index in [0.717, 1.165) is 88.7 Å². The molecule has 14 rings (SSSR count). The maximum Gasteiger partial charge on any atom is 0.170 e. The number of thiophene rings is 1. The standard InChI is InChI=1S/C63H39N3OS/c1-2-13-42-35-45(30-25-38(42)11-1)62-64-61(41-28-26-40(27-29-41)47-17-7-14-39-12-3-4-15-46(39)47)65-63(66-62)53-22-9-18-48-49(19-8-20-50(48)53)52-21-10-23-56-60(52)54-33-31-44(37-57(54)67-56)43-32-34-59-55(36-43)51-16-5-6-24-58(51)68-59/h1-37,63H,(H,64,65,66). The summed E-state index contributed by atoms with van der Waals surface area (Å²) in [6, 6.07) is 80.5. The van der Waals surface area contributed by atoms with E-state index in [0.29, 0.717) is 0 Å². The van der Waals surface area contributed by atoms with Crippen molar-refractivity contribution in [2.24, 2.45) is 9.98 Å². The number of benzene rings is 11. The van der Waals surface area contributed by atoms with Crippen LogP contribution in [0.2, 0.25) is 0 Å². The van der Waals surface area contributed by atoms with Gasteiger partial charge < -0.3 is 9.73 Å². The molecule has 0 spiro atoms. The number of hydrogen-bond donors (Lipinski definition) is 1. The number of hydrogen-bond acceptors (Lipinski definition) is 5. The van der Waals surface area contributed by atoms with E-state index >= 15 is 0 Å². The third-order valence-electron chi connectivity index (χ3n) is 13.8. The predicted molar refractivity (Wildman–Crippen MR) is 287 cm³/mol. The van der Waals surface area contributed by atoms with Crippen LogP contribution in [0.15, 0.2) is 239 Å². The molecule has 1 N–H and O–H groups in total. The van der Waals surface area contributed by atoms with E-state index in [9.17, 15) is 0 Å². The van der Waals surface area contributed by atoms with E-state index in [-0.39, 0.29) is 0 Å². The minimum atomic E-state index is -0.500. The summed E-state index contributed by atoms with van der Waals surface area (Å²) in [4.78, 5) is 10.8. The molecule has 5 heteroatoms. The Morgan fingerprint density at radius 3 is 1.88 bits per heavy atom. The topological polar surface area (TPSA) is 49.9 Å². The largest absolute Gasteiger partial charge is 0.456 e. The van der Waals surface area contributed by atoms with Gasteiger partial charge in [-0.1, -0.05) is 182 Å². The van der Waals surface area contributed by atoms with Gasteiger partial charge in [0.05, 0.1) is 0 Å². The summed E-state index contributed by atoms with van der Waals surface area (Å²) in [6.45, 7) is 0. The lowest BCUT2D eigenvalue weighted by molar-refractivity contribution is 0.669. The average Bonchev–Trinajstić information content (AvgIpc) is 3.98. The van der Waals surface area contributed by atoms with Gasteiger partial charge in [-0.25, -0.2) is 9.98 Å². The Balaban J connectivity index is 0.875. The van der Waals surface area contributed by atoms with Crippen LogP contribution in [-0.2, 0) is 0 Å². The van der Waals surface area contributed by atoms with Crippen LogP contribution in [0.4, 0.5) is 0 Å². The molecular weight excluding hydrogens is 847 g/mol. The molecule has 0 amide bonds. The maximum atomic E-state index is 6.70. The second-order valence-corrected chi connectivity index (χ2v) is 18.8. The first-order chi connectivity index (χ1) is 33.7. The molecule has 1 aliphatic rings. The van der Waals surface area contributed by atoms with Crippen LogP contribution in [0.5, 0.6) is 0 Å². The second kappa shape index (κ2) is 15.5. The molecule has 0 saturated carbocycles. The van der Waals surface area contributed by atoms with Crippen molar-refractivity contribution in [1.82, 2.24) is 5.32 Å². The van der Waals surface area contributed by atoms with E-state index in [1.807, 2.05) is 11.3 Å². The number of rotatable bonds is 6. The summed E-state index contributed by atoms with van der Waals surface area (Å²) < 4.78 is 9.31. The molecule has 0 bridgehead atoms. The fourth-order valence-electron chi connectivity index (χ4n) is 10.4. The van der Waals surface area contributed by atoms with Crippen LogP contribution >= 0.6 is 11.3 Å². The zero-order chi connectivity index (χ0) is 44.7. The molecule has 0 aliphatic carbocycles. The Morgan fingerprint density at radius 1 is 0.353 bits per heavy atom. The highest BCUT2D eigenvalue weighted by Gasteiger charge is 2.24. The van der Waals surface area contributed by atoms with Crippen molar-refractivity contribution in [2.45, 2.75) is 6.17 Å². The van der Waals surface area contributed by atoms with E-state index in [1.165, 1.54) is 47.5 Å². The monoisotopic (exact) mass is 885 g/mol. The van der Waals surface area contributed by atoms with Crippen molar-refractivity contribution in [2.75, 3.05) is 0 Å². The molecule has 0 fully saturated rings. The van der Waals surface area contributed by atoms with Gasteiger partial charge in [0, 0.05) is 47.6 Å². The van der Waals surface area contributed by atoms with Gasteiger partial charge in [-0.3, -0.25) is 0 Å². The summed E-state index contributed by atoms with van der Waals surface area (Å²) >= 11 is 1.84. The highest BCUT2D eigenvalue weighted by atomic mass is 32.1. The van der Waals surface area contributed by atoms with Gasteiger partial charge >= 0.3 is 0 Å². The van der Waals surface area contributed by atoms with Gasteiger partial charge in [-0.15, -0.1) is 11.3 Å².